The first-order valence-electron chi connectivity index (χ1n) is 10.0. The minimum absolute atomic E-state index is 0.0728. The minimum Gasteiger partial charge on any atom is -0.507 e. The van der Waals surface area contributed by atoms with E-state index in [4.69, 9.17) is 4.74 Å². The Morgan fingerprint density at radius 1 is 1.26 bits per heavy atom. The zero-order valence-electron chi connectivity index (χ0n) is 16.8. The van der Waals surface area contributed by atoms with Gasteiger partial charge in [0.05, 0.1) is 11.6 Å². The van der Waals surface area contributed by atoms with Crippen LogP contribution in [0, 0.1) is 0 Å². The molecule has 3 aromatic rings. The molecule has 2 aliphatic rings. The summed E-state index contributed by atoms with van der Waals surface area (Å²) < 4.78 is 5.74. The first kappa shape index (κ1) is 19.5. The van der Waals surface area contributed by atoms with Gasteiger partial charge in [0.15, 0.2) is 0 Å². The van der Waals surface area contributed by atoms with Crippen molar-refractivity contribution >= 4 is 28.8 Å². The van der Waals surface area contributed by atoms with E-state index >= 15 is 0 Å². The molecule has 0 radical (unpaired) electrons. The Morgan fingerprint density at radius 3 is 2.87 bits per heavy atom. The van der Waals surface area contributed by atoms with Crippen molar-refractivity contribution in [2.24, 2.45) is 0 Å². The van der Waals surface area contributed by atoms with Crippen LogP contribution in [0.25, 0.3) is 5.76 Å². The fourth-order valence-corrected chi connectivity index (χ4v) is 5.04. The van der Waals surface area contributed by atoms with Crippen LogP contribution in [0.1, 0.15) is 34.5 Å². The van der Waals surface area contributed by atoms with Crippen molar-refractivity contribution in [3.05, 3.63) is 87.4 Å². The Hall–Kier alpha value is -3.45. The first-order valence-corrected chi connectivity index (χ1v) is 10.9. The third-order valence-electron chi connectivity index (χ3n) is 5.60. The molecule has 1 fully saturated rings. The van der Waals surface area contributed by atoms with Gasteiger partial charge in [-0.2, -0.15) is 0 Å². The molecule has 6 nitrogen and oxygen atoms in total. The van der Waals surface area contributed by atoms with Crippen LogP contribution in [0.2, 0.25) is 0 Å². The number of aliphatic hydroxyl groups is 1. The van der Waals surface area contributed by atoms with Crippen LogP contribution in [-0.4, -0.2) is 32.8 Å². The number of benzene rings is 1. The van der Waals surface area contributed by atoms with Gasteiger partial charge < -0.3 is 14.7 Å². The summed E-state index contributed by atoms with van der Waals surface area (Å²) in [5.74, 6) is -0.671. The lowest BCUT2D eigenvalue weighted by atomic mass is 9.98. The lowest BCUT2D eigenvalue weighted by molar-refractivity contribution is -0.140. The van der Waals surface area contributed by atoms with Crippen molar-refractivity contribution in [3.63, 3.8) is 0 Å². The Labute approximate surface area is 183 Å². The third-order valence-corrected chi connectivity index (χ3v) is 6.52. The zero-order valence-corrected chi connectivity index (χ0v) is 17.6. The van der Waals surface area contributed by atoms with Gasteiger partial charge >= 0.3 is 0 Å². The number of thiophene rings is 1. The van der Waals surface area contributed by atoms with Gasteiger partial charge in [-0.25, -0.2) is 0 Å². The summed E-state index contributed by atoms with van der Waals surface area (Å²) in [6.45, 7) is 2.22. The van der Waals surface area contributed by atoms with Gasteiger partial charge in [-0.05, 0) is 53.8 Å². The molecule has 1 N–H and O–H groups in total. The van der Waals surface area contributed by atoms with Gasteiger partial charge in [0.1, 0.15) is 17.6 Å². The molecule has 5 rings (SSSR count). The van der Waals surface area contributed by atoms with Gasteiger partial charge in [-0.1, -0.05) is 12.1 Å². The van der Waals surface area contributed by atoms with Crippen molar-refractivity contribution in [1.82, 2.24) is 9.88 Å². The van der Waals surface area contributed by atoms with E-state index in [1.807, 2.05) is 36.6 Å². The highest BCUT2D eigenvalue weighted by Crippen LogP contribution is 2.42. The number of carbonyl (C=O) groups excluding carboxylic acids is 2. The number of ether oxygens (including phenoxy) is 1. The smallest absolute Gasteiger partial charge is 0.295 e. The number of fused-ring (bicyclic) bond motifs is 1. The lowest BCUT2D eigenvalue weighted by Crippen LogP contribution is -2.28. The van der Waals surface area contributed by atoms with Gasteiger partial charge in [0.2, 0.25) is 0 Å². The second kappa shape index (κ2) is 7.67. The Bertz CT molecular complexity index is 1190. The van der Waals surface area contributed by atoms with Crippen LogP contribution in [0.4, 0.5) is 0 Å². The van der Waals surface area contributed by atoms with Gasteiger partial charge in [0.25, 0.3) is 11.7 Å². The Kier molecular flexibility index (Phi) is 4.82. The van der Waals surface area contributed by atoms with Crippen LogP contribution in [0.5, 0.6) is 5.75 Å². The van der Waals surface area contributed by atoms with Crippen molar-refractivity contribution in [3.8, 4) is 5.75 Å². The molecule has 2 atom stereocenters. The molecule has 1 aromatic carbocycles. The third kappa shape index (κ3) is 3.41. The number of carbonyl (C=O) groups is 2. The molecule has 7 heteroatoms. The van der Waals surface area contributed by atoms with E-state index in [1.54, 1.807) is 30.6 Å². The number of hydrogen-bond donors (Lipinski definition) is 1. The highest BCUT2D eigenvalue weighted by molar-refractivity contribution is 7.10. The quantitative estimate of drug-likeness (QED) is 0.382. The average molecular weight is 433 g/mol. The molecule has 2 aliphatic heterocycles. The summed E-state index contributed by atoms with van der Waals surface area (Å²) in [5, 5.41) is 13.1. The van der Waals surface area contributed by atoms with E-state index in [-0.39, 0.29) is 24.0 Å². The summed E-state index contributed by atoms with van der Waals surface area (Å²) >= 11 is 1.45. The molecule has 0 aliphatic carbocycles. The van der Waals surface area contributed by atoms with E-state index in [1.165, 1.54) is 16.2 Å². The summed E-state index contributed by atoms with van der Waals surface area (Å²) in [7, 11) is 0. The second-order valence-electron chi connectivity index (χ2n) is 7.76. The molecule has 31 heavy (non-hydrogen) atoms. The molecule has 2 aromatic heterocycles. The highest BCUT2D eigenvalue weighted by Gasteiger charge is 2.46. The molecule has 0 spiro atoms. The molecular formula is C24H20N2O4S. The molecule has 0 bridgehead atoms. The van der Waals surface area contributed by atoms with E-state index < -0.39 is 17.7 Å². The van der Waals surface area contributed by atoms with Crippen molar-refractivity contribution in [2.45, 2.75) is 32.0 Å². The summed E-state index contributed by atoms with van der Waals surface area (Å²) in [5.41, 5.74) is 2.42. The molecule has 4 heterocycles. The van der Waals surface area contributed by atoms with Crippen LogP contribution in [-0.2, 0) is 22.6 Å². The van der Waals surface area contributed by atoms with E-state index in [2.05, 4.69) is 4.98 Å². The topological polar surface area (TPSA) is 79.7 Å². The monoisotopic (exact) mass is 432 g/mol. The van der Waals surface area contributed by atoms with Gasteiger partial charge in [0, 0.05) is 35.8 Å². The maximum Gasteiger partial charge on any atom is 0.295 e. The fourth-order valence-electron chi connectivity index (χ4n) is 4.20. The SMILES string of the molecule is CC1Cc2cc(/C(O)=C3/C(=O)C(=O)N(Cc4cccnc4)C3c3cccs3)ccc2O1. The van der Waals surface area contributed by atoms with E-state index in [9.17, 15) is 14.7 Å². The van der Waals surface area contributed by atoms with Crippen molar-refractivity contribution < 1.29 is 19.4 Å². The fraction of sp³-hybridized carbons (Fsp3) is 0.208. The maximum absolute atomic E-state index is 13.1. The van der Waals surface area contributed by atoms with Gasteiger partial charge in [-0.3, -0.25) is 14.6 Å². The molecule has 156 valence electrons. The zero-order chi connectivity index (χ0) is 21.5. The molecule has 1 amide bonds. The maximum atomic E-state index is 13.1. The predicted molar refractivity (Wildman–Crippen MR) is 117 cm³/mol. The van der Waals surface area contributed by atoms with Crippen molar-refractivity contribution in [2.75, 3.05) is 0 Å². The molecular weight excluding hydrogens is 412 g/mol. The van der Waals surface area contributed by atoms with Crippen LogP contribution in [0.15, 0.2) is 65.8 Å². The van der Waals surface area contributed by atoms with Crippen LogP contribution in [0.3, 0.4) is 0 Å². The predicted octanol–water partition coefficient (Wildman–Crippen LogP) is 4.09. The standard InChI is InChI=1S/C24H20N2O4S/c1-14-10-17-11-16(6-7-18(17)30-14)22(27)20-21(19-5-3-9-31-19)26(24(29)23(20)28)13-15-4-2-8-25-12-15/h2-9,11-12,14,21,27H,10,13H2,1H3/b22-20-. The number of rotatable bonds is 4. The molecule has 0 saturated carbocycles. The number of pyridine rings is 1. The molecule has 2 unspecified atom stereocenters. The van der Waals surface area contributed by atoms with Crippen LogP contribution >= 0.6 is 11.3 Å². The number of likely N-dealkylation sites (tertiary alicyclic amines) is 1. The summed E-state index contributed by atoms with van der Waals surface area (Å²) in [6.07, 6.45) is 4.14. The Balaban J connectivity index is 1.60. The second-order valence-corrected chi connectivity index (χ2v) is 8.74. The minimum atomic E-state index is -0.676. The molecule has 1 saturated heterocycles. The van der Waals surface area contributed by atoms with Crippen LogP contribution < -0.4 is 4.74 Å². The normalized spacial score (nSPS) is 21.9. The number of aliphatic hydroxyl groups excluding tert-OH is 1. The van der Waals surface area contributed by atoms with Crippen molar-refractivity contribution in [1.29, 1.82) is 0 Å². The van der Waals surface area contributed by atoms with E-state index in [0.717, 1.165) is 28.2 Å². The summed E-state index contributed by atoms with van der Waals surface area (Å²) in [4.78, 5) is 32.5. The number of nitrogens with zero attached hydrogens (tertiary/aromatic N) is 2. The van der Waals surface area contributed by atoms with E-state index in [0.29, 0.717) is 5.56 Å². The van der Waals surface area contributed by atoms with Gasteiger partial charge in [-0.15, -0.1) is 11.3 Å². The number of hydrogen-bond acceptors (Lipinski definition) is 6. The number of aromatic nitrogens is 1. The largest absolute Gasteiger partial charge is 0.507 e. The average Bonchev–Trinajstić information content (AvgIpc) is 3.48. The number of amides is 1. The summed E-state index contributed by atoms with van der Waals surface area (Å²) in [6, 6.07) is 12.1. The number of Topliss-reactive ketones (excluding diaryl/α,β-unsaturated/α-hetero) is 1. The number of ketones is 1. The highest BCUT2D eigenvalue weighted by atomic mass is 32.1. The lowest BCUT2D eigenvalue weighted by Gasteiger charge is -2.24. The Morgan fingerprint density at radius 2 is 2.13 bits per heavy atom. The first-order chi connectivity index (χ1) is 15.0.